The first kappa shape index (κ1) is 14.6. The zero-order valence-corrected chi connectivity index (χ0v) is 12.5. The third-order valence-electron chi connectivity index (χ3n) is 4.12. The molecule has 1 aromatic heterocycles. The van der Waals surface area contributed by atoms with E-state index in [9.17, 15) is 4.79 Å². The molecule has 1 saturated heterocycles. The van der Waals surface area contributed by atoms with Crippen molar-refractivity contribution in [3.63, 3.8) is 0 Å². The maximum atomic E-state index is 11.1. The van der Waals surface area contributed by atoms with Crippen LogP contribution in [-0.4, -0.2) is 29.1 Å². The molecule has 0 saturated carbocycles. The number of hydrogen-bond donors (Lipinski definition) is 1. The van der Waals surface area contributed by atoms with Crippen LogP contribution in [-0.2, 0) is 0 Å². The molecule has 2 aromatic rings. The highest BCUT2D eigenvalue weighted by atomic mass is 16.4. The first-order chi connectivity index (χ1) is 10.7. The third-order valence-corrected chi connectivity index (χ3v) is 4.12. The monoisotopic (exact) mass is 296 g/mol. The van der Waals surface area contributed by atoms with Crippen LogP contribution in [0.4, 0.5) is 5.82 Å². The summed E-state index contributed by atoms with van der Waals surface area (Å²) >= 11 is 0. The van der Waals surface area contributed by atoms with Gasteiger partial charge in [-0.2, -0.15) is 0 Å². The van der Waals surface area contributed by atoms with Crippen LogP contribution < -0.4 is 4.90 Å². The van der Waals surface area contributed by atoms with Crippen LogP contribution in [0.2, 0.25) is 0 Å². The van der Waals surface area contributed by atoms with Gasteiger partial charge in [-0.15, -0.1) is 0 Å². The highest BCUT2D eigenvalue weighted by Gasteiger charge is 2.11. The van der Waals surface area contributed by atoms with Crippen molar-refractivity contribution in [2.45, 2.75) is 25.7 Å². The fourth-order valence-corrected chi connectivity index (χ4v) is 2.88. The average Bonchev–Trinajstić information content (AvgIpc) is 2.84. The highest BCUT2D eigenvalue weighted by molar-refractivity contribution is 5.89. The second kappa shape index (κ2) is 6.60. The zero-order valence-electron chi connectivity index (χ0n) is 12.5. The largest absolute Gasteiger partial charge is 0.478 e. The van der Waals surface area contributed by atoms with Crippen molar-refractivity contribution in [2.24, 2.45) is 0 Å². The van der Waals surface area contributed by atoms with Crippen LogP contribution in [0.1, 0.15) is 36.0 Å². The Hall–Kier alpha value is -2.36. The minimum Gasteiger partial charge on any atom is -0.478 e. The number of anilines is 1. The Kier molecular flexibility index (Phi) is 4.37. The SMILES string of the molecule is O=C(O)c1cccc(-c2ccc(N3CCCCCC3)nc2)c1. The number of aromatic carboxylic acids is 1. The van der Waals surface area contributed by atoms with Gasteiger partial charge >= 0.3 is 5.97 Å². The van der Waals surface area contributed by atoms with Gasteiger partial charge in [0.2, 0.25) is 0 Å². The summed E-state index contributed by atoms with van der Waals surface area (Å²) in [5.41, 5.74) is 2.13. The topological polar surface area (TPSA) is 53.4 Å². The number of carboxylic acids is 1. The van der Waals surface area contributed by atoms with E-state index in [1.165, 1.54) is 25.7 Å². The Morgan fingerprint density at radius 3 is 2.41 bits per heavy atom. The van der Waals surface area contributed by atoms with E-state index < -0.39 is 5.97 Å². The summed E-state index contributed by atoms with van der Waals surface area (Å²) in [6.07, 6.45) is 6.89. The van der Waals surface area contributed by atoms with Crippen molar-refractivity contribution in [3.05, 3.63) is 48.2 Å². The summed E-state index contributed by atoms with van der Waals surface area (Å²) in [5, 5.41) is 9.07. The Labute approximate surface area is 130 Å². The number of benzene rings is 1. The fourth-order valence-electron chi connectivity index (χ4n) is 2.88. The molecule has 0 unspecified atom stereocenters. The number of carboxylic acid groups (broad SMARTS) is 1. The fraction of sp³-hybridized carbons (Fsp3) is 0.333. The molecule has 1 fully saturated rings. The summed E-state index contributed by atoms with van der Waals surface area (Å²) in [5.74, 6) is 0.107. The highest BCUT2D eigenvalue weighted by Crippen LogP contribution is 2.23. The smallest absolute Gasteiger partial charge is 0.335 e. The van der Waals surface area contributed by atoms with Crippen molar-refractivity contribution in [1.82, 2.24) is 4.98 Å². The number of pyridine rings is 1. The third kappa shape index (κ3) is 3.27. The van der Waals surface area contributed by atoms with Gasteiger partial charge in [0.25, 0.3) is 0 Å². The lowest BCUT2D eigenvalue weighted by Gasteiger charge is -2.21. The lowest BCUT2D eigenvalue weighted by atomic mass is 10.0. The second-order valence-corrected chi connectivity index (χ2v) is 5.69. The van der Waals surface area contributed by atoms with Gasteiger partial charge in [-0.25, -0.2) is 9.78 Å². The number of rotatable bonds is 3. The van der Waals surface area contributed by atoms with Crippen molar-refractivity contribution in [3.8, 4) is 11.1 Å². The van der Waals surface area contributed by atoms with Crippen LogP contribution in [0.3, 0.4) is 0 Å². The lowest BCUT2D eigenvalue weighted by molar-refractivity contribution is 0.0697. The van der Waals surface area contributed by atoms with Crippen LogP contribution in [0.25, 0.3) is 11.1 Å². The van der Waals surface area contributed by atoms with Gasteiger partial charge in [0.1, 0.15) is 5.82 Å². The summed E-state index contributed by atoms with van der Waals surface area (Å²) in [6.45, 7) is 2.14. The van der Waals surface area contributed by atoms with Crippen LogP contribution in [0, 0.1) is 0 Å². The molecular weight excluding hydrogens is 276 g/mol. The molecule has 0 atom stereocenters. The standard InChI is InChI=1S/C18H20N2O2/c21-18(22)15-7-5-6-14(12-15)16-8-9-17(19-13-16)20-10-3-1-2-4-11-20/h5-9,12-13H,1-4,10-11H2,(H,21,22). The predicted octanol–water partition coefficient (Wildman–Crippen LogP) is 3.83. The molecule has 22 heavy (non-hydrogen) atoms. The molecule has 0 spiro atoms. The van der Waals surface area contributed by atoms with E-state index in [-0.39, 0.29) is 0 Å². The average molecular weight is 296 g/mol. The molecule has 4 heteroatoms. The first-order valence-electron chi connectivity index (χ1n) is 7.79. The molecule has 1 N–H and O–H groups in total. The van der Waals surface area contributed by atoms with Gasteiger partial charge in [0, 0.05) is 24.8 Å². The van der Waals surface area contributed by atoms with Crippen molar-refractivity contribution in [1.29, 1.82) is 0 Å². The number of aromatic nitrogens is 1. The quantitative estimate of drug-likeness (QED) is 0.935. The Balaban J connectivity index is 1.81. The molecule has 1 aliphatic rings. The molecule has 1 aromatic carbocycles. The molecule has 0 bridgehead atoms. The van der Waals surface area contributed by atoms with Gasteiger partial charge in [-0.05, 0) is 42.7 Å². The minimum absolute atomic E-state index is 0.300. The van der Waals surface area contributed by atoms with Crippen molar-refractivity contribution in [2.75, 3.05) is 18.0 Å². The molecule has 0 aliphatic carbocycles. The van der Waals surface area contributed by atoms with E-state index in [2.05, 4.69) is 9.88 Å². The Bertz CT molecular complexity index is 644. The summed E-state index contributed by atoms with van der Waals surface area (Å²) in [4.78, 5) is 18.0. The van der Waals surface area contributed by atoms with E-state index in [1.807, 2.05) is 24.4 Å². The summed E-state index contributed by atoms with van der Waals surface area (Å²) < 4.78 is 0. The number of nitrogens with zero attached hydrogens (tertiary/aromatic N) is 2. The molecule has 4 nitrogen and oxygen atoms in total. The van der Waals surface area contributed by atoms with Crippen LogP contribution in [0.15, 0.2) is 42.6 Å². The zero-order chi connectivity index (χ0) is 15.4. The first-order valence-corrected chi connectivity index (χ1v) is 7.79. The molecule has 2 heterocycles. The summed E-state index contributed by atoms with van der Waals surface area (Å²) in [7, 11) is 0. The number of hydrogen-bond acceptors (Lipinski definition) is 3. The molecule has 114 valence electrons. The second-order valence-electron chi connectivity index (χ2n) is 5.69. The van der Waals surface area contributed by atoms with Crippen LogP contribution in [0.5, 0.6) is 0 Å². The van der Waals surface area contributed by atoms with Crippen molar-refractivity contribution >= 4 is 11.8 Å². The van der Waals surface area contributed by atoms with Crippen molar-refractivity contribution < 1.29 is 9.90 Å². The number of carbonyl (C=O) groups is 1. The molecular formula is C18H20N2O2. The van der Waals surface area contributed by atoms with Gasteiger partial charge in [-0.1, -0.05) is 25.0 Å². The van der Waals surface area contributed by atoms with Gasteiger partial charge in [-0.3, -0.25) is 0 Å². The predicted molar refractivity (Wildman–Crippen MR) is 87.3 cm³/mol. The molecule has 0 amide bonds. The van der Waals surface area contributed by atoms with Gasteiger partial charge in [0.05, 0.1) is 5.56 Å². The van der Waals surface area contributed by atoms with Gasteiger partial charge < -0.3 is 10.0 Å². The maximum Gasteiger partial charge on any atom is 0.335 e. The van der Waals surface area contributed by atoms with E-state index in [1.54, 1.807) is 18.2 Å². The van der Waals surface area contributed by atoms with E-state index >= 15 is 0 Å². The normalized spacial score (nSPS) is 15.4. The Morgan fingerprint density at radius 2 is 1.77 bits per heavy atom. The van der Waals surface area contributed by atoms with E-state index in [0.717, 1.165) is 30.0 Å². The Morgan fingerprint density at radius 1 is 1.00 bits per heavy atom. The maximum absolute atomic E-state index is 11.1. The molecule has 3 rings (SSSR count). The molecule has 1 aliphatic heterocycles. The molecule has 0 radical (unpaired) electrons. The van der Waals surface area contributed by atoms with Crippen LogP contribution >= 0.6 is 0 Å². The van der Waals surface area contributed by atoms with Gasteiger partial charge in [0.15, 0.2) is 0 Å². The van der Waals surface area contributed by atoms with E-state index in [0.29, 0.717) is 5.56 Å². The summed E-state index contributed by atoms with van der Waals surface area (Å²) in [6, 6.07) is 11.0. The van der Waals surface area contributed by atoms with E-state index in [4.69, 9.17) is 5.11 Å². The minimum atomic E-state index is -0.906. The lowest BCUT2D eigenvalue weighted by Crippen LogP contribution is -2.24.